The molecule has 0 aliphatic carbocycles. The largest absolute Gasteiger partial charge is 0.497 e. The number of pyridine rings is 1. The van der Waals surface area contributed by atoms with Crippen LogP contribution in [0.25, 0.3) is 10.9 Å². The fourth-order valence-corrected chi connectivity index (χ4v) is 3.52. The van der Waals surface area contributed by atoms with E-state index >= 15 is 0 Å². The predicted molar refractivity (Wildman–Crippen MR) is 87.1 cm³/mol. The molecule has 0 radical (unpaired) electrons. The van der Waals surface area contributed by atoms with Gasteiger partial charge in [-0.2, -0.15) is 0 Å². The van der Waals surface area contributed by atoms with Crippen LogP contribution in [-0.2, 0) is 9.84 Å². The fraction of sp³-hybridized carbons (Fsp3) is 0.0588. The molecular formula is C17H13NO5S. The summed E-state index contributed by atoms with van der Waals surface area (Å²) < 4.78 is 30.4. The van der Waals surface area contributed by atoms with Crippen LogP contribution < -0.4 is 4.74 Å². The molecule has 3 aromatic rings. The zero-order valence-corrected chi connectivity index (χ0v) is 13.4. The second kappa shape index (κ2) is 5.93. The van der Waals surface area contributed by atoms with Crippen LogP contribution in [-0.4, -0.2) is 31.6 Å². The van der Waals surface area contributed by atoms with Crippen molar-refractivity contribution in [1.82, 2.24) is 4.98 Å². The number of aromatic nitrogens is 1. The molecule has 0 spiro atoms. The first-order chi connectivity index (χ1) is 11.4. The molecule has 7 heteroatoms. The molecule has 0 aliphatic heterocycles. The Morgan fingerprint density at radius 1 is 1.04 bits per heavy atom. The number of sulfone groups is 1. The lowest BCUT2D eigenvalue weighted by atomic mass is 10.1. The minimum absolute atomic E-state index is 0.00251. The number of hydrogen-bond acceptors (Lipinski definition) is 5. The molecule has 2 aromatic carbocycles. The van der Waals surface area contributed by atoms with Crippen molar-refractivity contribution in [3.05, 3.63) is 60.3 Å². The van der Waals surface area contributed by atoms with E-state index in [-0.39, 0.29) is 15.4 Å². The second-order valence-electron chi connectivity index (χ2n) is 5.06. The highest BCUT2D eigenvalue weighted by Gasteiger charge is 2.19. The summed E-state index contributed by atoms with van der Waals surface area (Å²) in [5.41, 5.74) is 0.594. The van der Waals surface area contributed by atoms with E-state index < -0.39 is 15.8 Å². The normalized spacial score (nSPS) is 11.4. The highest BCUT2D eigenvalue weighted by molar-refractivity contribution is 7.91. The first-order valence-electron chi connectivity index (χ1n) is 6.94. The third-order valence-electron chi connectivity index (χ3n) is 3.58. The van der Waals surface area contributed by atoms with Gasteiger partial charge in [0, 0.05) is 11.6 Å². The van der Waals surface area contributed by atoms with Gasteiger partial charge in [0.25, 0.3) is 0 Å². The number of aromatic carboxylic acids is 1. The summed E-state index contributed by atoms with van der Waals surface area (Å²) >= 11 is 0. The van der Waals surface area contributed by atoms with Crippen molar-refractivity contribution < 1.29 is 23.1 Å². The van der Waals surface area contributed by atoms with Gasteiger partial charge in [0.2, 0.25) is 9.84 Å². The van der Waals surface area contributed by atoms with Gasteiger partial charge in [-0.3, -0.25) is 4.98 Å². The number of rotatable bonds is 4. The number of hydrogen-bond donors (Lipinski definition) is 1. The smallest absolute Gasteiger partial charge is 0.335 e. The van der Waals surface area contributed by atoms with E-state index in [0.29, 0.717) is 16.7 Å². The molecule has 0 unspecified atom stereocenters. The lowest BCUT2D eigenvalue weighted by Gasteiger charge is -2.07. The maximum atomic E-state index is 12.7. The summed E-state index contributed by atoms with van der Waals surface area (Å²) in [4.78, 5) is 15.3. The SMILES string of the molecule is COc1ccc(S(=O)(=O)c2cnc3ccc(C(=O)O)cc3c2)cc1. The van der Waals surface area contributed by atoms with Gasteiger partial charge in [-0.15, -0.1) is 0 Å². The topological polar surface area (TPSA) is 93.6 Å². The molecule has 0 aliphatic rings. The maximum Gasteiger partial charge on any atom is 0.335 e. The first kappa shape index (κ1) is 15.9. The zero-order valence-electron chi connectivity index (χ0n) is 12.6. The molecule has 122 valence electrons. The highest BCUT2D eigenvalue weighted by atomic mass is 32.2. The first-order valence-corrected chi connectivity index (χ1v) is 8.42. The molecular weight excluding hydrogens is 330 g/mol. The molecule has 0 saturated carbocycles. The number of carbonyl (C=O) groups is 1. The summed E-state index contributed by atoms with van der Waals surface area (Å²) in [6, 6.07) is 11.8. The summed E-state index contributed by atoms with van der Waals surface area (Å²) in [6.45, 7) is 0. The van der Waals surface area contributed by atoms with Gasteiger partial charge in [-0.05, 0) is 48.5 Å². The number of benzene rings is 2. The Labute approximate surface area is 138 Å². The minimum atomic E-state index is -3.75. The average Bonchev–Trinajstić information content (AvgIpc) is 2.60. The maximum absolute atomic E-state index is 12.7. The van der Waals surface area contributed by atoms with Gasteiger partial charge in [0.15, 0.2) is 0 Å². The molecule has 0 fully saturated rings. The zero-order chi connectivity index (χ0) is 17.3. The van der Waals surface area contributed by atoms with Crippen LogP contribution in [0.1, 0.15) is 10.4 Å². The molecule has 3 rings (SSSR count). The van der Waals surface area contributed by atoms with Crippen LogP contribution in [0, 0.1) is 0 Å². The number of methoxy groups -OCH3 is 1. The molecule has 0 amide bonds. The van der Waals surface area contributed by atoms with Crippen molar-refractivity contribution in [3.63, 3.8) is 0 Å². The van der Waals surface area contributed by atoms with Crippen molar-refractivity contribution in [2.75, 3.05) is 7.11 Å². The molecule has 1 aromatic heterocycles. The summed E-state index contributed by atoms with van der Waals surface area (Å²) in [6.07, 6.45) is 1.27. The number of carboxylic acids is 1. The van der Waals surface area contributed by atoms with Crippen LogP contribution in [0.3, 0.4) is 0 Å². The molecule has 1 heterocycles. The molecule has 0 bridgehead atoms. The summed E-state index contributed by atoms with van der Waals surface area (Å²) in [5, 5.41) is 9.50. The standard InChI is InChI=1S/C17H13NO5S/c1-23-13-3-5-14(6-4-13)24(21,22)15-9-12-8-11(17(19)20)2-7-16(12)18-10-15/h2-10H,1H3,(H,19,20). The Balaban J connectivity index is 2.11. The number of fused-ring (bicyclic) bond motifs is 1. The van der Waals surface area contributed by atoms with Crippen molar-refractivity contribution in [2.24, 2.45) is 0 Å². The number of nitrogens with zero attached hydrogens (tertiary/aromatic N) is 1. The van der Waals surface area contributed by atoms with Crippen molar-refractivity contribution >= 4 is 26.7 Å². The van der Waals surface area contributed by atoms with E-state index in [1.165, 1.54) is 43.6 Å². The van der Waals surface area contributed by atoms with Crippen molar-refractivity contribution in [3.8, 4) is 5.75 Å². The quantitative estimate of drug-likeness (QED) is 0.783. The number of carboxylic acid groups (broad SMARTS) is 1. The van der Waals surface area contributed by atoms with Crippen LogP contribution in [0.5, 0.6) is 5.75 Å². The minimum Gasteiger partial charge on any atom is -0.497 e. The number of ether oxygens (including phenoxy) is 1. The Kier molecular flexibility index (Phi) is 3.94. The second-order valence-corrected chi connectivity index (χ2v) is 7.01. The highest BCUT2D eigenvalue weighted by Crippen LogP contribution is 2.25. The van der Waals surface area contributed by atoms with Gasteiger partial charge in [0.1, 0.15) is 5.75 Å². The van der Waals surface area contributed by atoms with E-state index in [4.69, 9.17) is 9.84 Å². The van der Waals surface area contributed by atoms with Gasteiger partial charge in [-0.1, -0.05) is 0 Å². The van der Waals surface area contributed by atoms with Gasteiger partial charge >= 0.3 is 5.97 Å². The Morgan fingerprint density at radius 2 is 1.75 bits per heavy atom. The van der Waals surface area contributed by atoms with Crippen molar-refractivity contribution in [1.29, 1.82) is 0 Å². The van der Waals surface area contributed by atoms with E-state index in [1.54, 1.807) is 18.2 Å². The lowest BCUT2D eigenvalue weighted by Crippen LogP contribution is -2.03. The average molecular weight is 343 g/mol. The molecule has 6 nitrogen and oxygen atoms in total. The van der Waals surface area contributed by atoms with Crippen LogP contribution in [0.2, 0.25) is 0 Å². The molecule has 0 atom stereocenters. The molecule has 24 heavy (non-hydrogen) atoms. The lowest BCUT2D eigenvalue weighted by molar-refractivity contribution is 0.0697. The Hall–Kier alpha value is -2.93. The van der Waals surface area contributed by atoms with Crippen molar-refractivity contribution in [2.45, 2.75) is 9.79 Å². The van der Waals surface area contributed by atoms with Gasteiger partial charge in [0.05, 0.1) is 28.0 Å². The third kappa shape index (κ3) is 2.81. The van der Waals surface area contributed by atoms with E-state index in [0.717, 1.165) is 0 Å². The fourth-order valence-electron chi connectivity index (χ4n) is 2.28. The van der Waals surface area contributed by atoms with E-state index in [9.17, 15) is 13.2 Å². The van der Waals surface area contributed by atoms with Gasteiger partial charge in [-0.25, -0.2) is 13.2 Å². The third-order valence-corrected chi connectivity index (χ3v) is 5.32. The molecule has 0 saturated heterocycles. The Morgan fingerprint density at radius 3 is 2.38 bits per heavy atom. The van der Waals surface area contributed by atoms with Crippen LogP contribution in [0.15, 0.2) is 64.5 Å². The summed E-state index contributed by atoms with van der Waals surface area (Å²) in [7, 11) is -2.26. The molecule has 1 N–H and O–H groups in total. The van der Waals surface area contributed by atoms with Crippen LogP contribution in [0.4, 0.5) is 0 Å². The summed E-state index contributed by atoms with van der Waals surface area (Å²) in [5.74, 6) is -0.531. The van der Waals surface area contributed by atoms with Crippen LogP contribution >= 0.6 is 0 Å². The van der Waals surface area contributed by atoms with Gasteiger partial charge < -0.3 is 9.84 Å². The van der Waals surface area contributed by atoms with E-state index in [1.807, 2.05) is 0 Å². The Bertz CT molecular complexity index is 1030. The predicted octanol–water partition coefficient (Wildman–Crippen LogP) is 2.77. The van der Waals surface area contributed by atoms with E-state index in [2.05, 4.69) is 4.98 Å². The monoisotopic (exact) mass is 343 g/mol.